The average Bonchev–Trinajstić information content (AvgIpc) is 2.27. The predicted octanol–water partition coefficient (Wildman–Crippen LogP) is 2.07. The molecule has 0 fully saturated rings. The van der Waals surface area contributed by atoms with Crippen LogP contribution in [0.5, 0.6) is 11.8 Å². The third kappa shape index (κ3) is 2.70. The zero-order valence-corrected chi connectivity index (χ0v) is 8.92. The fourth-order valence-corrected chi connectivity index (χ4v) is 1.31. The van der Waals surface area contributed by atoms with Crippen molar-refractivity contribution in [2.75, 3.05) is 0 Å². The smallest absolute Gasteiger partial charge is 0.216 e. The second-order valence-corrected chi connectivity index (χ2v) is 3.45. The molecule has 0 aromatic carbocycles. The quantitative estimate of drug-likeness (QED) is 0.853. The molecule has 82 valence electrons. The van der Waals surface area contributed by atoms with Gasteiger partial charge in [-0.2, -0.15) is 4.98 Å². The van der Waals surface area contributed by atoms with Gasteiger partial charge < -0.3 is 9.84 Å². The molecule has 0 bridgehead atoms. The van der Waals surface area contributed by atoms with Crippen LogP contribution in [0.1, 0.15) is 11.3 Å². The number of aromatic hydroxyl groups is 1. The Balaban J connectivity index is 2.02. The number of aryl methyl sites for hydroxylation is 1. The van der Waals surface area contributed by atoms with Gasteiger partial charge in [-0.3, -0.25) is 4.98 Å². The van der Waals surface area contributed by atoms with Crippen molar-refractivity contribution in [3.63, 3.8) is 0 Å². The highest BCUT2D eigenvalue weighted by atomic mass is 16.5. The normalized spacial score (nSPS) is 10.1. The van der Waals surface area contributed by atoms with Crippen LogP contribution >= 0.6 is 0 Å². The zero-order valence-electron chi connectivity index (χ0n) is 8.92. The summed E-state index contributed by atoms with van der Waals surface area (Å²) in [6.45, 7) is 2.34. The monoisotopic (exact) mass is 216 g/mol. The molecule has 1 N–H and O–H groups in total. The summed E-state index contributed by atoms with van der Waals surface area (Å²) in [5, 5.41) is 9.15. The van der Waals surface area contributed by atoms with Gasteiger partial charge in [-0.1, -0.05) is 6.07 Å². The number of aromatic nitrogens is 2. The van der Waals surface area contributed by atoms with E-state index in [1.165, 1.54) is 6.07 Å². The molecule has 0 saturated carbocycles. The highest BCUT2D eigenvalue weighted by Crippen LogP contribution is 2.13. The van der Waals surface area contributed by atoms with E-state index in [0.29, 0.717) is 12.5 Å². The first kappa shape index (κ1) is 10.4. The Hall–Kier alpha value is -2.10. The van der Waals surface area contributed by atoms with E-state index >= 15 is 0 Å². The van der Waals surface area contributed by atoms with Crippen molar-refractivity contribution in [2.45, 2.75) is 13.5 Å². The molecule has 0 atom stereocenters. The maximum absolute atomic E-state index is 9.15. The van der Waals surface area contributed by atoms with Gasteiger partial charge in [0.05, 0.1) is 5.69 Å². The summed E-state index contributed by atoms with van der Waals surface area (Å²) < 4.78 is 5.39. The number of pyridine rings is 2. The minimum Gasteiger partial charge on any atom is -0.493 e. The molecule has 0 unspecified atom stereocenters. The number of ether oxygens (including phenoxy) is 1. The third-order valence-electron chi connectivity index (χ3n) is 2.05. The molecule has 2 rings (SSSR count). The minimum absolute atomic E-state index is 0.0466. The lowest BCUT2D eigenvalue weighted by Gasteiger charge is -2.05. The molecule has 2 aromatic rings. The Morgan fingerprint density at radius 3 is 2.94 bits per heavy atom. The van der Waals surface area contributed by atoms with E-state index < -0.39 is 0 Å². The molecule has 0 aliphatic rings. The molecule has 4 nitrogen and oxygen atoms in total. The summed E-state index contributed by atoms with van der Waals surface area (Å²) >= 11 is 0. The van der Waals surface area contributed by atoms with Crippen LogP contribution in [0.4, 0.5) is 0 Å². The van der Waals surface area contributed by atoms with Gasteiger partial charge in [0.15, 0.2) is 0 Å². The molecular formula is C12H12N2O2. The van der Waals surface area contributed by atoms with E-state index in [1.807, 2.05) is 19.1 Å². The summed E-state index contributed by atoms with van der Waals surface area (Å²) in [7, 11) is 0. The number of hydrogen-bond acceptors (Lipinski definition) is 4. The van der Waals surface area contributed by atoms with Crippen molar-refractivity contribution in [2.24, 2.45) is 0 Å². The van der Waals surface area contributed by atoms with Crippen molar-refractivity contribution in [1.29, 1.82) is 0 Å². The lowest BCUT2D eigenvalue weighted by molar-refractivity contribution is 0.284. The number of hydrogen-bond donors (Lipinski definition) is 1. The standard InChI is InChI=1S/C12H12N2O2/c1-9-5-6-13-10(7-9)8-16-12-4-2-3-11(15)14-12/h2-7H,8H2,1H3,(H,14,15). The highest BCUT2D eigenvalue weighted by Gasteiger charge is 1.99. The molecule has 0 saturated heterocycles. The maximum atomic E-state index is 9.15. The van der Waals surface area contributed by atoms with Crippen LogP contribution in [-0.2, 0) is 6.61 Å². The van der Waals surface area contributed by atoms with E-state index in [2.05, 4.69) is 9.97 Å². The Labute approximate surface area is 93.6 Å². The zero-order chi connectivity index (χ0) is 11.4. The fraction of sp³-hybridized carbons (Fsp3) is 0.167. The molecule has 0 spiro atoms. The van der Waals surface area contributed by atoms with E-state index in [4.69, 9.17) is 9.84 Å². The van der Waals surface area contributed by atoms with Crippen molar-refractivity contribution >= 4 is 0 Å². The molecule has 0 amide bonds. The van der Waals surface area contributed by atoms with E-state index in [9.17, 15) is 0 Å². The Kier molecular flexibility index (Phi) is 3.00. The first-order valence-electron chi connectivity index (χ1n) is 4.94. The van der Waals surface area contributed by atoms with Gasteiger partial charge in [0.1, 0.15) is 6.61 Å². The first-order chi connectivity index (χ1) is 7.74. The first-order valence-corrected chi connectivity index (χ1v) is 4.94. The Morgan fingerprint density at radius 1 is 1.31 bits per heavy atom. The van der Waals surface area contributed by atoms with Crippen molar-refractivity contribution in [3.8, 4) is 11.8 Å². The summed E-state index contributed by atoms with van der Waals surface area (Å²) in [4.78, 5) is 7.98. The Morgan fingerprint density at radius 2 is 2.19 bits per heavy atom. The van der Waals surface area contributed by atoms with Crippen LogP contribution in [0, 0.1) is 6.92 Å². The second-order valence-electron chi connectivity index (χ2n) is 3.45. The summed E-state index contributed by atoms with van der Waals surface area (Å²) in [6.07, 6.45) is 1.74. The van der Waals surface area contributed by atoms with E-state index in [0.717, 1.165) is 11.3 Å². The fourth-order valence-electron chi connectivity index (χ4n) is 1.31. The van der Waals surface area contributed by atoms with Gasteiger partial charge in [0.2, 0.25) is 11.8 Å². The van der Waals surface area contributed by atoms with Gasteiger partial charge >= 0.3 is 0 Å². The Bertz CT molecular complexity index is 440. The van der Waals surface area contributed by atoms with Crippen LogP contribution in [0.2, 0.25) is 0 Å². The third-order valence-corrected chi connectivity index (χ3v) is 2.05. The number of nitrogens with zero attached hydrogens (tertiary/aromatic N) is 2. The van der Waals surface area contributed by atoms with Crippen LogP contribution in [0.15, 0.2) is 36.5 Å². The molecule has 0 radical (unpaired) electrons. The van der Waals surface area contributed by atoms with Crippen LogP contribution in [0.3, 0.4) is 0 Å². The molecule has 0 aliphatic heterocycles. The van der Waals surface area contributed by atoms with E-state index in [-0.39, 0.29) is 5.88 Å². The largest absolute Gasteiger partial charge is 0.493 e. The summed E-state index contributed by atoms with van der Waals surface area (Å²) in [5.74, 6) is 0.345. The van der Waals surface area contributed by atoms with Gasteiger partial charge in [-0.05, 0) is 24.6 Å². The van der Waals surface area contributed by atoms with Gasteiger partial charge in [0, 0.05) is 18.3 Å². The molecular weight excluding hydrogens is 204 g/mol. The van der Waals surface area contributed by atoms with Crippen molar-refractivity contribution in [1.82, 2.24) is 9.97 Å². The second kappa shape index (κ2) is 4.61. The topological polar surface area (TPSA) is 55.2 Å². The maximum Gasteiger partial charge on any atom is 0.216 e. The van der Waals surface area contributed by atoms with Crippen LogP contribution in [0.25, 0.3) is 0 Å². The molecule has 16 heavy (non-hydrogen) atoms. The predicted molar refractivity (Wildman–Crippen MR) is 59.2 cm³/mol. The summed E-state index contributed by atoms with van der Waals surface area (Å²) in [6, 6.07) is 8.74. The molecule has 2 heterocycles. The van der Waals surface area contributed by atoms with E-state index in [1.54, 1.807) is 18.3 Å². The van der Waals surface area contributed by atoms with Crippen molar-refractivity contribution in [3.05, 3.63) is 47.8 Å². The SMILES string of the molecule is Cc1ccnc(COc2cccc(O)n2)c1. The lowest BCUT2D eigenvalue weighted by Crippen LogP contribution is -1.99. The molecule has 4 heteroatoms. The van der Waals surface area contributed by atoms with Gasteiger partial charge in [-0.25, -0.2) is 0 Å². The van der Waals surface area contributed by atoms with Crippen molar-refractivity contribution < 1.29 is 9.84 Å². The van der Waals surface area contributed by atoms with Crippen LogP contribution < -0.4 is 4.74 Å². The van der Waals surface area contributed by atoms with Gasteiger partial charge in [0.25, 0.3) is 0 Å². The average molecular weight is 216 g/mol. The minimum atomic E-state index is -0.0466. The molecule has 2 aromatic heterocycles. The highest BCUT2D eigenvalue weighted by molar-refractivity contribution is 5.19. The lowest BCUT2D eigenvalue weighted by atomic mass is 10.2. The number of rotatable bonds is 3. The summed E-state index contributed by atoms with van der Waals surface area (Å²) in [5.41, 5.74) is 1.97. The van der Waals surface area contributed by atoms with Crippen LogP contribution in [-0.4, -0.2) is 15.1 Å². The molecule has 0 aliphatic carbocycles. The van der Waals surface area contributed by atoms with Gasteiger partial charge in [-0.15, -0.1) is 0 Å².